The van der Waals surface area contributed by atoms with E-state index in [2.05, 4.69) is 42.2 Å². The summed E-state index contributed by atoms with van der Waals surface area (Å²) in [7, 11) is 1.94. The van der Waals surface area contributed by atoms with Crippen LogP contribution in [0.2, 0.25) is 0 Å². The molecule has 0 radical (unpaired) electrons. The summed E-state index contributed by atoms with van der Waals surface area (Å²) >= 11 is 0. The summed E-state index contributed by atoms with van der Waals surface area (Å²) in [6.07, 6.45) is 5.52. The normalized spacial score (nSPS) is 15.3. The van der Waals surface area contributed by atoms with E-state index in [-0.39, 0.29) is 0 Å². The molecule has 6 nitrogen and oxygen atoms in total. The molecular weight excluding hydrogens is 264 g/mol. The van der Waals surface area contributed by atoms with E-state index in [1.165, 1.54) is 5.56 Å². The second-order valence-corrected chi connectivity index (χ2v) is 5.08. The van der Waals surface area contributed by atoms with E-state index in [0.717, 1.165) is 44.5 Å². The lowest BCUT2D eigenvalue weighted by atomic mass is 10.2. The quantitative estimate of drug-likeness (QED) is 0.901. The van der Waals surface area contributed by atoms with Gasteiger partial charge in [0.1, 0.15) is 5.82 Å². The molecule has 21 heavy (non-hydrogen) atoms. The first-order chi connectivity index (χ1) is 10.4. The highest BCUT2D eigenvalue weighted by Crippen LogP contribution is 2.16. The molecule has 1 aliphatic heterocycles. The second kappa shape index (κ2) is 6.49. The first kappa shape index (κ1) is 13.8. The summed E-state index contributed by atoms with van der Waals surface area (Å²) in [6.45, 7) is 4.58. The molecule has 2 aromatic rings. The Balaban J connectivity index is 1.60. The van der Waals surface area contributed by atoms with Crippen LogP contribution in [-0.2, 0) is 6.54 Å². The van der Waals surface area contributed by atoms with Gasteiger partial charge in [-0.2, -0.15) is 0 Å². The van der Waals surface area contributed by atoms with Gasteiger partial charge in [-0.15, -0.1) is 0 Å². The van der Waals surface area contributed by atoms with Crippen molar-refractivity contribution in [1.29, 1.82) is 0 Å². The van der Waals surface area contributed by atoms with Gasteiger partial charge in [0, 0.05) is 51.3 Å². The minimum absolute atomic E-state index is 0.814. The van der Waals surface area contributed by atoms with E-state index < -0.39 is 0 Å². The molecule has 0 atom stereocenters. The Kier molecular flexibility index (Phi) is 4.25. The van der Waals surface area contributed by atoms with Crippen LogP contribution in [0, 0.1) is 0 Å². The zero-order valence-corrected chi connectivity index (χ0v) is 12.2. The van der Waals surface area contributed by atoms with E-state index in [9.17, 15) is 0 Å². The van der Waals surface area contributed by atoms with Crippen molar-refractivity contribution < 1.29 is 0 Å². The Hall–Kier alpha value is -2.21. The van der Waals surface area contributed by atoms with Crippen LogP contribution in [0.5, 0.6) is 0 Å². The van der Waals surface area contributed by atoms with Crippen molar-refractivity contribution in [2.75, 3.05) is 43.0 Å². The number of hydrogen-bond acceptors (Lipinski definition) is 6. The van der Waals surface area contributed by atoms with E-state index in [1.807, 2.05) is 19.3 Å². The Morgan fingerprint density at radius 3 is 2.33 bits per heavy atom. The molecule has 6 heteroatoms. The third-order valence-electron chi connectivity index (χ3n) is 3.63. The van der Waals surface area contributed by atoms with Gasteiger partial charge in [-0.25, -0.2) is 15.0 Å². The largest absolute Gasteiger partial charge is 0.353 e. The molecule has 0 bridgehead atoms. The molecule has 0 aromatic carbocycles. The maximum Gasteiger partial charge on any atom is 0.225 e. The van der Waals surface area contributed by atoms with Crippen molar-refractivity contribution in [3.8, 4) is 0 Å². The van der Waals surface area contributed by atoms with Crippen molar-refractivity contribution in [1.82, 2.24) is 20.3 Å². The van der Waals surface area contributed by atoms with Crippen molar-refractivity contribution in [2.24, 2.45) is 0 Å². The SMILES string of the molecule is CNCc1ccc(N2CCN(c3ncccn3)CC2)nc1. The van der Waals surface area contributed by atoms with Gasteiger partial charge in [0.15, 0.2) is 0 Å². The lowest BCUT2D eigenvalue weighted by molar-refractivity contribution is 0.634. The van der Waals surface area contributed by atoms with Crippen LogP contribution < -0.4 is 15.1 Å². The highest BCUT2D eigenvalue weighted by molar-refractivity contribution is 5.42. The minimum Gasteiger partial charge on any atom is -0.353 e. The number of anilines is 2. The minimum atomic E-state index is 0.814. The first-order valence-electron chi connectivity index (χ1n) is 7.23. The Labute approximate surface area is 124 Å². The van der Waals surface area contributed by atoms with Crippen molar-refractivity contribution in [3.63, 3.8) is 0 Å². The molecule has 110 valence electrons. The molecule has 0 saturated carbocycles. The van der Waals surface area contributed by atoms with Gasteiger partial charge in [-0.1, -0.05) is 6.07 Å². The molecule has 1 N–H and O–H groups in total. The predicted molar refractivity (Wildman–Crippen MR) is 83.5 cm³/mol. The molecule has 0 spiro atoms. The fourth-order valence-electron chi connectivity index (χ4n) is 2.50. The number of piperazine rings is 1. The van der Waals surface area contributed by atoms with Crippen LogP contribution in [0.25, 0.3) is 0 Å². The maximum absolute atomic E-state index is 4.55. The molecule has 1 fully saturated rings. The van der Waals surface area contributed by atoms with Crippen molar-refractivity contribution in [3.05, 3.63) is 42.4 Å². The smallest absolute Gasteiger partial charge is 0.225 e. The number of hydrogen-bond donors (Lipinski definition) is 1. The lowest BCUT2D eigenvalue weighted by Gasteiger charge is -2.35. The molecule has 2 aromatic heterocycles. The topological polar surface area (TPSA) is 57.2 Å². The van der Waals surface area contributed by atoms with Crippen LogP contribution >= 0.6 is 0 Å². The summed E-state index contributed by atoms with van der Waals surface area (Å²) < 4.78 is 0. The summed E-state index contributed by atoms with van der Waals surface area (Å²) in [5, 5.41) is 3.13. The highest BCUT2D eigenvalue weighted by Gasteiger charge is 2.19. The van der Waals surface area contributed by atoms with Crippen LogP contribution in [0.4, 0.5) is 11.8 Å². The second-order valence-electron chi connectivity index (χ2n) is 5.08. The molecule has 0 unspecified atom stereocenters. The average molecular weight is 284 g/mol. The molecule has 0 amide bonds. The van der Waals surface area contributed by atoms with Gasteiger partial charge in [0.05, 0.1) is 0 Å². The van der Waals surface area contributed by atoms with Gasteiger partial charge < -0.3 is 15.1 Å². The Morgan fingerprint density at radius 2 is 1.71 bits per heavy atom. The molecule has 1 aliphatic rings. The summed E-state index contributed by atoms with van der Waals surface area (Å²) in [5.41, 5.74) is 1.21. The van der Waals surface area contributed by atoms with Crippen LogP contribution in [-0.4, -0.2) is 48.2 Å². The van der Waals surface area contributed by atoms with E-state index in [1.54, 1.807) is 12.4 Å². The monoisotopic (exact) mass is 284 g/mol. The summed E-state index contributed by atoms with van der Waals surface area (Å²) in [5.74, 6) is 1.86. The van der Waals surface area contributed by atoms with Gasteiger partial charge in [-0.3, -0.25) is 0 Å². The predicted octanol–water partition coefficient (Wildman–Crippen LogP) is 0.918. The third kappa shape index (κ3) is 3.28. The zero-order chi connectivity index (χ0) is 14.5. The Morgan fingerprint density at radius 1 is 1.00 bits per heavy atom. The molecular formula is C15H20N6. The van der Waals surface area contributed by atoms with Crippen LogP contribution in [0.3, 0.4) is 0 Å². The molecule has 3 heterocycles. The zero-order valence-electron chi connectivity index (χ0n) is 12.2. The number of rotatable bonds is 4. The van der Waals surface area contributed by atoms with E-state index >= 15 is 0 Å². The van der Waals surface area contributed by atoms with Gasteiger partial charge in [0.25, 0.3) is 0 Å². The maximum atomic E-state index is 4.55. The molecule has 0 aliphatic carbocycles. The van der Waals surface area contributed by atoms with Gasteiger partial charge in [0.2, 0.25) is 5.95 Å². The fraction of sp³-hybridized carbons (Fsp3) is 0.400. The van der Waals surface area contributed by atoms with Crippen LogP contribution in [0.15, 0.2) is 36.8 Å². The summed E-state index contributed by atoms with van der Waals surface area (Å²) in [4.78, 5) is 17.7. The van der Waals surface area contributed by atoms with Crippen molar-refractivity contribution in [2.45, 2.75) is 6.54 Å². The number of nitrogens with zero attached hydrogens (tertiary/aromatic N) is 5. The number of pyridine rings is 1. The van der Waals surface area contributed by atoms with Gasteiger partial charge >= 0.3 is 0 Å². The van der Waals surface area contributed by atoms with E-state index in [0.29, 0.717) is 0 Å². The van der Waals surface area contributed by atoms with Crippen molar-refractivity contribution >= 4 is 11.8 Å². The number of nitrogens with one attached hydrogen (secondary N) is 1. The molecule has 3 rings (SSSR count). The van der Waals surface area contributed by atoms with Gasteiger partial charge in [-0.05, 0) is 24.7 Å². The lowest BCUT2D eigenvalue weighted by Crippen LogP contribution is -2.47. The molecule has 1 saturated heterocycles. The summed E-state index contributed by atoms with van der Waals surface area (Å²) in [6, 6.07) is 6.07. The number of aromatic nitrogens is 3. The Bertz CT molecular complexity index is 548. The average Bonchev–Trinajstić information content (AvgIpc) is 2.57. The van der Waals surface area contributed by atoms with Crippen LogP contribution in [0.1, 0.15) is 5.56 Å². The standard InChI is InChI=1S/C15H20N6/c1-16-11-13-3-4-14(19-12-13)20-7-9-21(10-8-20)15-17-5-2-6-18-15/h2-6,12,16H,7-11H2,1H3. The fourth-order valence-corrected chi connectivity index (χ4v) is 2.50. The highest BCUT2D eigenvalue weighted by atomic mass is 15.3. The van der Waals surface area contributed by atoms with E-state index in [4.69, 9.17) is 0 Å². The first-order valence-corrected chi connectivity index (χ1v) is 7.23. The third-order valence-corrected chi connectivity index (χ3v) is 3.63.